The second-order valence-electron chi connectivity index (χ2n) is 5.46. The fourth-order valence-electron chi connectivity index (χ4n) is 2.44. The maximum absolute atomic E-state index is 12.2. The molecule has 0 aliphatic heterocycles. The highest BCUT2D eigenvalue weighted by atomic mass is 16.5. The summed E-state index contributed by atoms with van der Waals surface area (Å²) in [6, 6.07) is 18.7. The molecule has 1 N–H and O–H groups in total. The van der Waals surface area contributed by atoms with Gasteiger partial charge in [-0.05, 0) is 30.3 Å². The first-order chi connectivity index (χ1) is 12.7. The molecule has 0 radical (unpaired) electrons. The van der Waals surface area contributed by atoms with E-state index in [0.717, 1.165) is 11.3 Å². The number of hydrogen-bond donors (Lipinski definition) is 1. The van der Waals surface area contributed by atoms with Gasteiger partial charge in [-0.15, -0.1) is 0 Å². The van der Waals surface area contributed by atoms with E-state index in [1.54, 1.807) is 38.5 Å². The number of furan rings is 1. The molecule has 3 aromatic rings. The molecule has 0 saturated heterocycles. The first kappa shape index (κ1) is 17.4. The molecule has 0 bridgehead atoms. The number of rotatable bonds is 6. The first-order valence-corrected chi connectivity index (χ1v) is 8.06. The minimum absolute atomic E-state index is 0.297. The minimum atomic E-state index is -0.297. The molecule has 0 aliphatic rings. The van der Waals surface area contributed by atoms with Crippen LogP contribution in [0.15, 0.2) is 71.2 Å². The van der Waals surface area contributed by atoms with Crippen LogP contribution in [0.25, 0.3) is 17.4 Å². The zero-order chi connectivity index (χ0) is 18.4. The number of hydrogen-bond acceptors (Lipinski definition) is 4. The maximum Gasteiger partial charge on any atom is 0.248 e. The highest BCUT2D eigenvalue weighted by Crippen LogP contribution is 2.29. The second kappa shape index (κ2) is 8.07. The molecule has 2 aromatic carbocycles. The molecule has 0 spiro atoms. The molecular weight excluding hydrogens is 330 g/mol. The number of ether oxygens (including phenoxy) is 2. The molecule has 3 rings (SSSR count). The van der Waals surface area contributed by atoms with Crippen molar-refractivity contribution in [2.45, 2.75) is 0 Å². The quantitative estimate of drug-likeness (QED) is 0.660. The molecule has 1 aromatic heterocycles. The average Bonchev–Trinajstić information content (AvgIpc) is 3.16. The predicted octanol–water partition coefficient (Wildman–Crippen LogP) is 4.62. The van der Waals surface area contributed by atoms with Gasteiger partial charge in [-0.1, -0.05) is 30.3 Å². The lowest BCUT2D eigenvalue weighted by Crippen LogP contribution is -2.09. The Kier molecular flexibility index (Phi) is 5.39. The maximum atomic E-state index is 12.2. The van der Waals surface area contributed by atoms with Crippen LogP contribution in [0.1, 0.15) is 5.76 Å². The summed E-state index contributed by atoms with van der Waals surface area (Å²) >= 11 is 0. The van der Waals surface area contributed by atoms with Crippen molar-refractivity contribution in [1.29, 1.82) is 0 Å². The zero-order valence-corrected chi connectivity index (χ0v) is 14.6. The molecule has 0 fully saturated rings. The van der Waals surface area contributed by atoms with Crippen molar-refractivity contribution < 1.29 is 18.7 Å². The Morgan fingerprint density at radius 2 is 1.81 bits per heavy atom. The molecule has 0 aliphatic carbocycles. The van der Waals surface area contributed by atoms with Gasteiger partial charge < -0.3 is 19.2 Å². The summed E-state index contributed by atoms with van der Waals surface area (Å²) in [4.78, 5) is 12.2. The van der Waals surface area contributed by atoms with Crippen LogP contribution in [0.5, 0.6) is 11.5 Å². The number of anilines is 1. The van der Waals surface area contributed by atoms with Gasteiger partial charge in [0, 0.05) is 17.7 Å². The van der Waals surface area contributed by atoms with Crippen molar-refractivity contribution in [3.05, 3.63) is 72.5 Å². The van der Waals surface area contributed by atoms with Crippen LogP contribution in [0.3, 0.4) is 0 Å². The van der Waals surface area contributed by atoms with Gasteiger partial charge in [-0.25, -0.2) is 0 Å². The highest BCUT2D eigenvalue weighted by Gasteiger charge is 2.08. The summed E-state index contributed by atoms with van der Waals surface area (Å²) < 4.78 is 16.2. The van der Waals surface area contributed by atoms with E-state index >= 15 is 0 Å². The van der Waals surface area contributed by atoms with E-state index in [-0.39, 0.29) is 5.91 Å². The predicted molar refractivity (Wildman–Crippen MR) is 101 cm³/mol. The molecule has 5 nitrogen and oxygen atoms in total. The Hall–Kier alpha value is -3.47. The lowest BCUT2D eigenvalue weighted by atomic mass is 10.2. The van der Waals surface area contributed by atoms with E-state index in [1.807, 2.05) is 42.5 Å². The molecule has 1 heterocycles. The van der Waals surface area contributed by atoms with Crippen molar-refractivity contribution in [2.75, 3.05) is 19.5 Å². The lowest BCUT2D eigenvalue weighted by molar-refractivity contribution is -0.111. The number of benzene rings is 2. The summed E-state index contributed by atoms with van der Waals surface area (Å²) in [5.41, 5.74) is 1.52. The fourth-order valence-corrected chi connectivity index (χ4v) is 2.44. The molecule has 26 heavy (non-hydrogen) atoms. The van der Waals surface area contributed by atoms with Crippen molar-refractivity contribution in [3.8, 4) is 22.8 Å². The van der Waals surface area contributed by atoms with Crippen LogP contribution in [-0.2, 0) is 4.79 Å². The number of amides is 1. The summed E-state index contributed by atoms with van der Waals surface area (Å²) in [5.74, 6) is 2.23. The third kappa shape index (κ3) is 4.13. The van der Waals surface area contributed by atoms with Gasteiger partial charge in [-0.2, -0.15) is 0 Å². The Labute approximate surface area is 151 Å². The standard InChI is InChI=1S/C21H19NO4/c1-24-17-9-12-20(25-2)18(14-17)22-21(23)13-10-16-8-11-19(26-16)15-6-4-3-5-7-15/h3-14H,1-2H3,(H,22,23)/b13-10+. The topological polar surface area (TPSA) is 60.7 Å². The largest absolute Gasteiger partial charge is 0.497 e. The third-order valence-electron chi connectivity index (χ3n) is 3.75. The van der Waals surface area contributed by atoms with E-state index in [4.69, 9.17) is 13.9 Å². The molecule has 0 unspecified atom stereocenters. The summed E-state index contributed by atoms with van der Waals surface area (Å²) in [6.07, 6.45) is 3.03. The SMILES string of the molecule is COc1ccc(OC)c(NC(=O)/C=C/c2ccc(-c3ccccc3)o2)c1. The molecule has 5 heteroatoms. The lowest BCUT2D eigenvalue weighted by Gasteiger charge is -2.10. The van der Waals surface area contributed by atoms with Crippen molar-refractivity contribution >= 4 is 17.7 Å². The summed E-state index contributed by atoms with van der Waals surface area (Å²) in [5, 5.41) is 2.77. The Morgan fingerprint density at radius 3 is 2.54 bits per heavy atom. The Morgan fingerprint density at radius 1 is 1.00 bits per heavy atom. The van der Waals surface area contributed by atoms with Crippen LogP contribution in [0.2, 0.25) is 0 Å². The molecule has 0 atom stereocenters. The van der Waals surface area contributed by atoms with E-state index in [1.165, 1.54) is 6.08 Å². The highest BCUT2D eigenvalue weighted by molar-refractivity contribution is 6.02. The van der Waals surface area contributed by atoms with Gasteiger partial charge in [0.15, 0.2) is 0 Å². The van der Waals surface area contributed by atoms with E-state index in [2.05, 4.69) is 5.32 Å². The third-order valence-corrected chi connectivity index (χ3v) is 3.75. The Balaban J connectivity index is 1.70. The van der Waals surface area contributed by atoms with Crippen molar-refractivity contribution in [1.82, 2.24) is 0 Å². The molecular formula is C21H19NO4. The van der Waals surface area contributed by atoms with Gasteiger partial charge in [-0.3, -0.25) is 4.79 Å². The smallest absolute Gasteiger partial charge is 0.248 e. The number of carbonyl (C=O) groups excluding carboxylic acids is 1. The molecule has 1 amide bonds. The zero-order valence-electron chi connectivity index (χ0n) is 14.6. The van der Waals surface area contributed by atoms with Crippen LogP contribution in [-0.4, -0.2) is 20.1 Å². The summed E-state index contributed by atoms with van der Waals surface area (Å²) in [7, 11) is 3.11. The number of nitrogens with one attached hydrogen (secondary N) is 1. The first-order valence-electron chi connectivity index (χ1n) is 8.06. The van der Waals surface area contributed by atoms with Gasteiger partial charge in [0.25, 0.3) is 0 Å². The van der Waals surface area contributed by atoms with Crippen LogP contribution < -0.4 is 14.8 Å². The van der Waals surface area contributed by atoms with Gasteiger partial charge in [0.1, 0.15) is 23.0 Å². The minimum Gasteiger partial charge on any atom is -0.497 e. The second-order valence-corrected chi connectivity index (χ2v) is 5.46. The fraction of sp³-hybridized carbons (Fsp3) is 0.0952. The van der Waals surface area contributed by atoms with Gasteiger partial charge in [0.2, 0.25) is 5.91 Å². The van der Waals surface area contributed by atoms with Crippen molar-refractivity contribution in [2.24, 2.45) is 0 Å². The van der Waals surface area contributed by atoms with Crippen LogP contribution in [0.4, 0.5) is 5.69 Å². The van der Waals surface area contributed by atoms with E-state index in [9.17, 15) is 4.79 Å². The molecule has 132 valence electrons. The molecule has 0 saturated carbocycles. The van der Waals surface area contributed by atoms with Crippen LogP contribution >= 0.6 is 0 Å². The summed E-state index contributed by atoms with van der Waals surface area (Å²) in [6.45, 7) is 0. The number of methoxy groups -OCH3 is 2. The average molecular weight is 349 g/mol. The van der Waals surface area contributed by atoms with E-state index < -0.39 is 0 Å². The van der Waals surface area contributed by atoms with Crippen LogP contribution in [0, 0.1) is 0 Å². The number of carbonyl (C=O) groups is 1. The Bertz CT molecular complexity index is 913. The van der Waals surface area contributed by atoms with Gasteiger partial charge in [0.05, 0.1) is 19.9 Å². The van der Waals surface area contributed by atoms with E-state index in [0.29, 0.717) is 22.9 Å². The normalized spacial score (nSPS) is 10.7. The monoisotopic (exact) mass is 349 g/mol. The van der Waals surface area contributed by atoms with Gasteiger partial charge >= 0.3 is 0 Å². The van der Waals surface area contributed by atoms with Crippen molar-refractivity contribution in [3.63, 3.8) is 0 Å².